The molecule has 0 aromatic heterocycles. The number of hydrogen-bond acceptors (Lipinski definition) is 12. The topological polar surface area (TPSA) is 142 Å². The lowest BCUT2D eigenvalue weighted by molar-refractivity contribution is -0.138. The highest BCUT2D eigenvalue weighted by Gasteiger charge is 2.46. The van der Waals surface area contributed by atoms with Crippen LogP contribution in [0.5, 0.6) is 46.0 Å². The Morgan fingerprint density at radius 2 is 0.654 bits per heavy atom. The van der Waals surface area contributed by atoms with Crippen LogP contribution >= 0.6 is 0 Å². The number of unbranched alkanes of at least 4 members (excludes halogenated alkanes) is 6. The lowest BCUT2D eigenvalue weighted by Crippen LogP contribution is -2.28. The van der Waals surface area contributed by atoms with Crippen molar-refractivity contribution in [3.05, 3.63) is 253 Å². The van der Waals surface area contributed by atoms with Crippen LogP contribution in [0.4, 0.5) is 0 Å². The molecule has 81 heavy (non-hydrogen) atoms. The van der Waals surface area contributed by atoms with Crippen LogP contribution in [-0.2, 0) is 24.5 Å². The van der Waals surface area contributed by atoms with E-state index in [0.29, 0.717) is 83.6 Å². The molecule has 1 aliphatic carbocycles. The van der Waals surface area contributed by atoms with Gasteiger partial charge in [-0.3, -0.25) is 0 Å². The lowest BCUT2D eigenvalue weighted by atomic mass is 9.68. The van der Waals surface area contributed by atoms with Gasteiger partial charge in [-0.05, 0) is 206 Å². The summed E-state index contributed by atoms with van der Waals surface area (Å²) in [4.78, 5) is 48.4. The van der Waals surface area contributed by atoms with Crippen molar-refractivity contribution < 1.29 is 57.1 Å². The smallest absolute Gasteiger partial charge is 0.343 e. The summed E-state index contributed by atoms with van der Waals surface area (Å²) >= 11 is 0. The third-order valence-electron chi connectivity index (χ3n) is 13.7. The van der Waals surface area contributed by atoms with E-state index in [4.69, 9.17) is 37.9 Å². The maximum atomic E-state index is 13.0. The first kappa shape index (κ1) is 56.1. The van der Waals surface area contributed by atoms with Crippen molar-refractivity contribution in [2.45, 2.75) is 56.8 Å². The molecule has 8 aromatic carbocycles. The number of carbonyl (C=O) groups excluding carboxylic acids is 4. The maximum absolute atomic E-state index is 13.0. The molecule has 0 amide bonds. The highest BCUT2D eigenvalue weighted by molar-refractivity contribution is 5.92. The maximum Gasteiger partial charge on any atom is 0.343 e. The SMILES string of the molecule is C=CC(=O)OCCCCCCOc1ccc(C(=O)Oc2ccc(Oc3ccc(C4(c5ccc(Oc6ccc(OC(=O)c7ccc(OCCCCCCOC(=O)C=C)cc7)cc6)cc5)c5ccccc5-c5ccccc54)cc3)cc2)cc1. The van der Waals surface area contributed by atoms with Crippen LogP contribution < -0.4 is 28.4 Å². The van der Waals surface area contributed by atoms with E-state index in [2.05, 4.69) is 86.0 Å². The highest BCUT2D eigenvalue weighted by atomic mass is 16.5. The molecule has 0 atom stereocenters. The van der Waals surface area contributed by atoms with Gasteiger partial charge in [-0.1, -0.05) is 86.0 Å². The quantitative estimate of drug-likeness (QED) is 0.0199. The van der Waals surface area contributed by atoms with E-state index in [1.165, 1.54) is 0 Å². The molecule has 12 heteroatoms. The fourth-order valence-corrected chi connectivity index (χ4v) is 9.66. The second kappa shape index (κ2) is 27.8. The third-order valence-corrected chi connectivity index (χ3v) is 13.7. The largest absolute Gasteiger partial charge is 0.494 e. The summed E-state index contributed by atoms with van der Waals surface area (Å²) in [5, 5.41) is 0. The van der Waals surface area contributed by atoms with Crippen LogP contribution in [0.15, 0.2) is 219 Å². The first-order valence-electron chi connectivity index (χ1n) is 27.1. The van der Waals surface area contributed by atoms with E-state index in [0.717, 1.165) is 96.9 Å². The molecular formula is C69H62O12. The third kappa shape index (κ3) is 14.5. The minimum atomic E-state index is -0.666. The van der Waals surface area contributed by atoms with Gasteiger partial charge in [-0.25, -0.2) is 19.2 Å². The highest BCUT2D eigenvalue weighted by Crippen LogP contribution is 2.56. The predicted molar refractivity (Wildman–Crippen MR) is 310 cm³/mol. The molecule has 0 heterocycles. The summed E-state index contributed by atoms with van der Waals surface area (Å²) in [7, 11) is 0. The van der Waals surface area contributed by atoms with Crippen LogP contribution in [0.25, 0.3) is 11.1 Å². The molecule has 12 nitrogen and oxygen atoms in total. The number of fused-ring (bicyclic) bond motifs is 3. The molecule has 9 rings (SSSR count). The second-order valence-electron chi connectivity index (χ2n) is 19.1. The Hall–Kier alpha value is -9.68. The van der Waals surface area contributed by atoms with Crippen molar-refractivity contribution in [2.24, 2.45) is 0 Å². The van der Waals surface area contributed by atoms with Crippen molar-refractivity contribution in [3.63, 3.8) is 0 Å². The monoisotopic (exact) mass is 1080 g/mol. The predicted octanol–water partition coefficient (Wildman–Crippen LogP) is 15.4. The normalized spacial score (nSPS) is 11.7. The van der Waals surface area contributed by atoms with Crippen LogP contribution in [0.3, 0.4) is 0 Å². The summed E-state index contributed by atoms with van der Waals surface area (Å²) in [5.74, 6) is 2.72. The van der Waals surface area contributed by atoms with E-state index in [1.807, 2.05) is 24.3 Å². The van der Waals surface area contributed by atoms with Crippen LogP contribution in [-0.4, -0.2) is 50.3 Å². The molecule has 0 radical (unpaired) electrons. The average molecular weight is 1080 g/mol. The lowest BCUT2D eigenvalue weighted by Gasteiger charge is -2.34. The average Bonchev–Trinajstić information content (AvgIpc) is 2.57. The Kier molecular flexibility index (Phi) is 19.2. The summed E-state index contributed by atoms with van der Waals surface area (Å²) in [6.45, 7) is 8.63. The van der Waals surface area contributed by atoms with E-state index < -0.39 is 29.3 Å². The molecule has 0 aliphatic heterocycles. The molecule has 410 valence electrons. The van der Waals surface area contributed by atoms with Gasteiger partial charge in [0.25, 0.3) is 0 Å². The van der Waals surface area contributed by atoms with E-state index in [9.17, 15) is 19.2 Å². The molecule has 0 bridgehead atoms. The Morgan fingerprint density at radius 1 is 0.346 bits per heavy atom. The van der Waals surface area contributed by atoms with Gasteiger partial charge in [-0.15, -0.1) is 0 Å². The van der Waals surface area contributed by atoms with Crippen molar-refractivity contribution in [1.29, 1.82) is 0 Å². The molecule has 8 aromatic rings. The zero-order valence-corrected chi connectivity index (χ0v) is 44.9. The molecule has 1 aliphatic rings. The molecule has 0 fully saturated rings. The van der Waals surface area contributed by atoms with Gasteiger partial charge in [0, 0.05) is 12.2 Å². The summed E-state index contributed by atoms with van der Waals surface area (Å²) in [6, 6.07) is 61.0. The minimum Gasteiger partial charge on any atom is -0.494 e. The standard InChI is InChI=1S/C69H62O12/c1-3-65(70)76-47-15-7-5-13-45-74-53-29-21-49(22-30-53)67(72)80-59-41-37-57(38-42-59)78-55-33-25-51(26-34-55)69(63-19-11-9-17-61(63)62-18-10-12-20-64(62)69)52-27-35-56(36-28-52)79-58-39-43-60(44-40-58)81-68(73)50-23-31-54(32-24-50)75-46-14-6-8-16-48-77-66(71)4-2/h3-4,9-12,17-44H,1-2,5-8,13-16,45-48H2. The van der Waals surface area contributed by atoms with Gasteiger partial charge in [-0.2, -0.15) is 0 Å². The van der Waals surface area contributed by atoms with Crippen molar-refractivity contribution >= 4 is 23.9 Å². The first-order valence-corrected chi connectivity index (χ1v) is 27.1. The number of benzene rings is 8. The van der Waals surface area contributed by atoms with E-state index >= 15 is 0 Å². The fourth-order valence-electron chi connectivity index (χ4n) is 9.66. The van der Waals surface area contributed by atoms with Gasteiger partial charge in [0.05, 0.1) is 43.0 Å². The number of carbonyl (C=O) groups is 4. The minimum absolute atomic E-state index is 0.380. The molecule has 0 spiro atoms. The molecule has 0 saturated carbocycles. The van der Waals surface area contributed by atoms with Crippen LogP contribution in [0.1, 0.15) is 94.3 Å². The van der Waals surface area contributed by atoms with E-state index in [1.54, 1.807) is 97.1 Å². The second-order valence-corrected chi connectivity index (χ2v) is 19.1. The van der Waals surface area contributed by atoms with Gasteiger partial charge < -0.3 is 37.9 Å². The van der Waals surface area contributed by atoms with Gasteiger partial charge >= 0.3 is 23.9 Å². The molecular weight excluding hydrogens is 1020 g/mol. The summed E-state index contributed by atoms with van der Waals surface area (Å²) < 4.78 is 45.7. The zero-order valence-electron chi connectivity index (χ0n) is 44.9. The van der Waals surface area contributed by atoms with Gasteiger partial charge in [0.1, 0.15) is 46.0 Å². The Bertz CT molecular complexity index is 3170. The van der Waals surface area contributed by atoms with Crippen LogP contribution in [0.2, 0.25) is 0 Å². The summed E-state index contributed by atoms with van der Waals surface area (Å²) in [5.41, 5.74) is 6.88. The number of esters is 4. The summed E-state index contributed by atoms with van der Waals surface area (Å²) in [6.07, 6.45) is 9.34. The zero-order chi connectivity index (χ0) is 56.2. The number of hydrogen-bond donors (Lipinski definition) is 0. The van der Waals surface area contributed by atoms with Crippen LogP contribution in [0, 0.1) is 0 Å². The fraction of sp³-hybridized carbons (Fsp3) is 0.188. The van der Waals surface area contributed by atoms with E-state index in [-0.39, 0.29) is 0 Å². The molecule has 0 unspecified atom stereocenters. The van der Waals surface area contributed by atoms with Gasteiger partial charge in [0.2, 0.25) is 0 Å². The Labute approximate surface area is 472 Å². The Balaban J connectivity index is 0.790. The van der Waals surface area contributed by atoms with Crippen molar-refractivity contribution in [1.82, 2.24) is 0 Å². The van der Waals surface area contributed by atoms with Crippen molar-refractivity contribution in [2.75, 3.05) is 26.4 Å². The Morgan fingerprint density at radius 3 is 1.01 bits per heavy atom. The van der Waals surface area contributed by atoms with Gasteiger partial charge in [0.15, 0.2) is 0 Å². The molecule has 0 saturated heterocycles. The molecule has 0 N–H and O–H groups in total. The number of ether oxygens (including phenoxy) is 8. The number of rotatable bonds is 28. The first-order chi connectivity index (χ1) is 39.7. The van der Waals surface area contributed by atoms with Crippen molar-refractivity contribution in [3.8, 4) is 57.1 Å².